The molecule has 4 nitrogen and oxygen atoms in total. The summed E-state index contributed by atoms with van der Waals surface area (Å²) in [6.45, 7) is 5.15. The maximum Gasteiger partial charge on any atom is 0.227 e. The molecule has 0 spiro atoms. The van der Waals surface area contributed by atoms with Gasteiger partial charge in [-0.2, -0.15) is 0 Å². The van der Waals surface area contributed by atoms with E-state index in [1.54, 1.807) is 0 Å². The van der Waals surface area contributed by atoms with Crippen LogP contribution in [0.5, 0.6) is 0 Å². The molecule has 0 bridgehead atoms. The molecule has 3 aliphatic heterocycles. The Morgan fingerprint density at radius 2 is 2.12 bits per heavy atom. The maximum atomic E-state index is 12.6. The van der Waals surface area contributed by atoms with E-state index in [4.69, 9.17) is 0 Å². The van der Waals surface area contributed by atoms with Crippen molar-refractivity contribution >= 4 is 5.91 Å². The molecule has 0 saturated carbocycles. The molecule has 1 amide bonds. The van der Waals surface area contributed by atoms with Crippen molar-refractivity contribution in [3.05, 3.63) is 0 Å². The van der Waals surface area contributed by atoms with Gasteiger partial charge in [-0.1, -0.05) is 0 Å². The Hall–Kier alpha value is -0.610. The quantitative estimate of drug-likeness (QED) is 0.705. The predicted molar refractivity (Wildman–Crippen MR) is 66.7 cm³/mol. The second-order valence-corrected chi connectivity index (χ2v) is 5.91. The van der Waals surface area contributed by atoms with E-state index in [0.717, 1.165) is 39.1 Å². The maximum absolute atomic E-state index is 12.6. The van der Waals surface area contributed by atoms with Crippen LogP contribution in [0.1, 0.15) is 19.3 Å². The zero-order valence-corrected chi connectivity index (χ0v) is 10.7. The number of hydrogen-bond acceptors (Lipinski definition) is 3. The smallest absolute Gasteiger partial charge is 0.227 e. The van der Waals surface area contributed by atoms with Crippen molar-refractivity contribution in [2.45, 2.75) is 25.3 Å². The van der Waals surface area contributed by atoms with E-state index in [0.29, 0.717) is 17.9 Å². The average Bonchev–Trinajstić information content (AvgIpc) is 2.95. The van der Waals surface area contributed by atoms with Gasteiger partial charge in [-0.25, -0.2) is 0 Å². The number of fused-ring (bicyclic) bond motifs is 1. The van der Waals surface area contributed by atoms with Gasteiger partial charge in [0.05, 0.1) is 5.92 Å². The molecule has 0 aromatic carbocycles. The van der Waals surface area contributed by atoms with Gasteiger partial charge in [-0.3, -0.25) is 4.79 Å². The van der Waals surface area contributed by atoms with Gasteiger partial charge in [-0.15, -0.1) is 0 Å². The third kappa shape index (κ3) is 2.08. The van der Waals surface area contributed by atoms with Gasteiger partial charge in [-0.05, 0) is 38.8 Å². The Kier molecular flexibility index (Phi) is 3.09. The van der Waals surface area contributed by atoms with E-state index < -0.39 is 0 Å². The number of amides is 1. The third-order valence-corrected chi connectivity index (χ3v) is 4.70. The molecule has 3 aliphatic rings. The standard InChI is InChI=1S/C13H23N3O/c1-15-6-4-11(9-15)13(17)16-5-2-3-10-7-14-8-12(10)16/h10-12,14H,2-9H2,1H3. The number of carbonyl (C=O) groups is 1. The van der Waals surface area contributed by atoms with E-state index in [-0.39, 0.29) is 5.92 Å². The molecule has 3 atom stereocenters. The van der Waals surface area contributed by atoms with Gasteiger partial charge < -0.3 is 15.1 Å². The fourth-order valence-corrected chi connectivity index (χ4v) is 3.71. The summed E-state index contributed by atoms with van der Waals surface area (Å²) in [5, 5.41) is 3.44. The molecule has 1 N–H and O–H groups in total. The van der Waals surface area contributed by atoms with Crippen LogP contribution in [-0.2, 0) is 4.79 Å². The summed E-state index contributed by atoms with van der Waals surface area (Å²) in [6, 6.07) is 0.488. The zero-order chi connectivity index (χ0) is 11.8. The van der Waals surface area contributed by atoms with Gasteiger partial charge >= 0.3 is 0 Å². The third-order valence-electron chi connectivity index (χ3n) is 4.70. The van der Waals surface area contributed by atoms with Crippen LogP contribution in [0.2, 0.25) is 0 Å². The first kappa shape index (κ1) is 11.5. The highest BCUT2D eigenvalue weighted by atomic mass is 16.2. The molecule has 0 aromatic heterocycles. The Labute approximate surface area is 103 Å². The van der Waals surface area contributed by atoms with Gasteiger partial charge in [0.2, 0.25) is 5.91 Å². The molecule has 4 heteroatoms. The minimum Gasteiger partial charge on any atom is -0.338 e. The SMILES string of the molecule is CN1CCC(C(=O)N2CCCC3CNCC32)C1. The number of likely N-dealkylation sites (tertiary alicyclic amines) is 2. The lowest BCUT2D eigenvalue weighted by molar-refractivity contribution is -0.139. The fourth-order valence-electron chi connectivity index (χ4n) is 3.71. The largest absolute Gasteiger partial charge is 0.338 e. The molecule has 3 fully saturated rings. The topological polar surface area (TPSA) is 35.6 Å². The highest BCUT2D eigenvalue weighted by molar-refractivity contribution is 5.80. The number of rotatable bonds is 1. The number of nitrogens with one attached hydrogen (secondary N) is 1. The number of nitrogens with zero attached hydrogens (tertiary/aromatic N) is 2. The van der Waals surface area contributed by atoms with E-state index in [1.807, 2.05) is 0 Å². The number of hydrogen-bond donors (Lipinski definition) is 1. The normalized spacial score (nSPS) is 38.4. The lowest BCUT2D eigenvalue weighted by atomic mass is 9.90. The van der Waals surface area contributed by atoms with Crippen molar-refractivity contribution in [1.82, 2.24) is 15.1 Å². The molecule has 3 heterocycles. The molecule has 3 rings (SSSR count). The molecule has 17 heavy (non-hydrogen) atoms. The lowest BCUT2D eigenvalue weighted by Gasteiger charge is -2.38. The molecule has 0 radical (unpaired) electrons. The van der Waals surface area contributed by atoms with Crippen LogP contribution in [0, 0.1) is 11.8 Å². The minimum atomic E-state index is 0.263. The van der Waals surface area contributed by atoms with Gasteiger partial charge in [0.1, 0.15) is 0 Å². The second kappa shape index (κ2) is 4.58. The molecule has 3 saturated heterocycles. The zero-order valence-electron chi connectivity index (χ0n) is 10.7. The molecule has 0 aromatic rings. The predicted octanol–water partition coefficient (Wildman–Crippen LogP) is 0.149. The van der Waals surface area contributed by atoms with Crippen molar-refractivity contribution in [2.75, 3.05) is 39.8 Å². The molecule has 0 aliphatic carbocycles. The van der Waals surface area contributed by atoms with Crippen molar-refractivity contribution in [2.24, 2.45) is 11.8 Å². The summed E-state index contributed by atoms with van der Waals surface area (Å²) >= 11 is 0. The van der Waals surface area contributed by atoms with Crippen LogP contribution in [0.15, 0.2) is 0 Å². The molecule has 3 unspecified atom stereocenters. The minimum absolute atomic E-state index is 0.263. The Morgan fingerprint density at radius 3 is 2.88 bits per heavy atom. The molecule has 96 valence electrons. The average molecular weight is 237 g/mol. The Morgan fingerprint density at radius 1 is 1.24 bits per heavy atom. The van der Waals surface area contributed by atoms with Crippen molar-refractivity contribution in [1.29, 1.82) is 0 Å². The summed E-state index contributed by atoms with van der Waals surface area (Å²) in [5.74, 6) is 1.40. The van der Waals surface area contributed by atoms with Crippen molar-refractivity contribution in [3.8, 4) is 0 Å². The van der Waals surface area contributed by atoms with Crippen LogP contribution in [0.3, 0.4) is 0 Å². The number of piperidine rings is 1. The van der Waals surface area contributed by atoms with E-state index in [1.165, 1.54) is 12.8 Å². The molecular weight excluding hydrogens is 214 g/mol. The first-order valence-corrected chi connectivity index (χ1v) is 6.95. The Bertz CT molecular complexity index is 307. The lowest BCUT2D eigenvalue weighted by Crippen LogP contribution is -2.50. The van der Waals surface area contributed by atoms with Crippen LogP contribution >= 0.6 is 0 Å². The van der Waals surface area contributed by atoms with Crippen LogP contribution in [0.25, 0.3) is 0 Å². The van der Waals surface area contributed by atoms with Crippen LogP contribution < -0.4 is 5.32 Å². The fraction of sp³-hybridized carbons (Fsp3) is 0.923. The van der Waals surface area contributed by atoms with Crippen molar-refractivity contribution in [3.63, 3.8) is 0 Å². The van der Waals surface area contributed by atoms with E-state index in [9.17, 15) is 4.79 Å². The summed E-state index contributed by atoms with van der Waals surface area (Å²) in [6.07, 6.45) is 3.54. The highest BCUT2D eigenvalue weighted by Crippen LogP contribution is 2.29. The first-order valence-electron chi connectivity index (χ1n) is 6.95. The van der Waals surface area contributed by atoms with Gasteiger partial charge in [0.15, 0.2) is 0 Å². The molecular formula is C13H23N3O. The summed E-state index contributed by atoms with van der Waals surface area (Å²) in [7, 11) is 2.11. The van der Waals surface area contributed by atoms with Crippen LogP contribution in [-0.4, -0.2) is 61.5 Å². The van der Waals surface area contributed by atoms with Crippen molar-refractivity contribution < 1.29 is 4.79 Å². The first-order chi connectivity index (χ1) is 8.25. The monoisotopic (exact) mass is 237 g/mol. The highest BCUT2D eigenvalue weighted by Gasteiger charge is 2.40. The summed E-state index contributed by atoms with van der Waals surface area (Å²) in [5.41, 5.74) is 0. The van der Waals surface area contributed by atoms with Gasteiger partial charge in [0, 0.05) is 32.2 Å². The van der Waals surface area contributed by atoms with Crippen LogP contribution in [0.4, 0.5) is 0 Å². The Balaban J connectivity index is 1.68. The summed E-state index contributed by atoms with van der Waals surface area (Å²) in [4.78, 5) is 17.0. The van der Waals surface area contributed by atoms with Gasteiger partial charge in [0.25, 0.3) is 0 Å². The van der Waals surface area contributed by atoms with E-state index in [2.05, 4.69) is 22.2 Å². The number of carbonyl (C=O) groups excluding carboxylic acids is 1. The second-order valence-electron chi connectivity index (χ2n) is 5.91. The summed E-state index contributed by atoms with van der Waals surface area (Å²) < 4.78 is 0. The van der Waals surface area contributed by atoms with E-state index >= 15 is 0 Å².